The molecule has 1 amide bonds. The molecule has 0 bridgehead atoms. The lowest BCUT2D eigenvalue weighted by molar-refractivity contribution is -0.121. The predicted molar refractivity (Wildman–Crippen MR) is 79.7 cm³/mol. The fourth-order valence-electron chi connectivity index (χ4n) is 2.50. The summed E-state index contributed by atoms with van der Waals surface area (Å²) in [7, 11) is 0. The van der Waals surface area contributed by atoms with Crippen LogP contribution in [0.5, 0.6) is 5.75 Å². The van der Waals surface area contributed by atoms with Gasteiger partial charge in [0.1, 0.15) is 5.75 Å². The summed E-state index contributed by atoms with van der Waals surface area (Å²) < 4.78 is 5.45. The maximum Gasteiger partial charge on any atom is 0.220 e. The maximum absolute atomic E-state index is 11.8. The van der Waals surface area contributed by atoms with E-state index in [4.69, 9.17) is 4.74 Å². The summed E-state index contributed by atoms with van der Waals surface area (Å²) in [5.41, 5.74) is 1.08. The molecule has 0 radical (unpaired) electrons. The van der Waals surface area contributed by atoms with Gasteiger partial charge in [-0.3, -0.25) is 4.79 Å². The Labute approximate surface area is 120 Å². The molecule has 1 unspecified atom stereocenters. The normalized spacial score (nSPS) is 17.9. The van der Waals surface area contributed by atoms with Crippen molar-refractivity contribution in [3.63, 3.8) is 0 Å². The van der Waals surface area contributed by atoms with Crippen LogP contribution in [0.2, 0.25) is 0 Å². The van der Waals surface area contributed by atoms with Gasteiger partial charge < -0.3 is 15.4 Å². The van der Waals surface area contributed by atoms with Gasteiger partial charge in [0.05, 0.1) is 6.61 Å². The highest BCUT2D eigenvalue weighted by Crippen LogP contribution is 2.15. The molecule has 1 fully saturated rings. The van der Waals surface area contributed by atoms with Crippen molar-refractivity contribution in [3.8, 4) is 5.75 Å². The van der Waals surface area contributed by atoms with E-state index in [1.807, 2.05) is 31.2 Å². The molecule has 1 aromatic rings. The summed E-state index contributed by atoms with van der Waals surface area (Å²) in [6.07, 6.45) is 2.80. The van der Waals surface area contributed by atoms with Gasteiger partial charge in [-0.25, -0.2) is 0 Å². The molecule has 1 aliphatic rings. The molecular weight excluding hydrogens is 252 g/mol. The van der Waals surface area contributed by atoms with Crippen molar-refractivity contribution in [1.82, 2.24) is 10.6 Å². The van der Waals surface area contributed by atoms with Gasteiger partial charge in [0, 0.05) is 13.0 Å². The van der Waals surface area contributed by atoms with Gasteiger partial charge in [0.15, 0.2) is 0 Å². The molecule has 1 aliphatic heterocycles. The molecule has 0 aliphatic carbocycles. The van der Waals surface area contributed by atoms with E-state index >= 15 is 0 Å². The van der Waals surface area contributed by atoms with E-state index in [9.17, 15) is 4.79 Å². The Bertz CT molecular complexity index is 428. The Morgan fingerprint density at radius 1 is 1.50 bits per heavy atom. The summed E-state index contributed by atoms with van der Waals surface area (Å²) in [4.78, 5) is 11.8. The lowest BCUT2D eigenvalue weighted by atomic mass is 10.0. The van der Waals surface area contributed by atoms with Crippen molar-refractivity contribution in [2.24, 2.45) is 5.92 Å². The number of benzene rings is 1. The molecule has 4 heteroatoms. The van der Waals surface area contributed by atoms with Crippen LogP contribution in [0.25, 0.3) is 0 Å². The van der Waals surface area contributed by atoms with E-state index in [-0.39, 0.29) is 5.91 Å². The van der Waals surface area contributed by atoms with Crippen molar-refractivity contribution >= 4 is 5.91 Å². The van der Waals surface area contributed by atoms with E-state index in [1.54, 1.807) is 0 Å². The average Bonchev–Trinajstić information content (AvgIpc) is 2.97. The second kappa shape index (κ2) is 7.90. The summed E-state index contributed by atoms with van der Waals surface area (Å²) in [6, 6.07) is 7.87. The van der Waals surface area contributed by atoms with Crippen LogP contribution in [0.1, 0.15) is 31.7 Å². The lowest BCUT2D eigenvalue weighted by Gasteiger charge is -2.09. The van der Waals surface area contributed by atoms with Gasteiger partial charge in [0.2, 0.25) is 5.91 Å². The van der Waals surface area contributed by atoms with Gasteiger partial charge in [0.25, 0.3) is 0 Å². The maximum atomic E-state index is 11.8. The van der Waals surface area contributed by atoms with E-state index in [0.717, 1.165) is 30.8 Å². The van der Waals surface area contributed by atoms with Gasteiger partial charge in [-0.2, -0.15) is 0 Å². The van der Waals surface area contributed by atoms with Crippen molar-refractivity contribution in [2.75, 3.05) is 19.7 Å². The van der Waals surface area contributed by atoms with Gasteiger partial charge >= 0.3 is 0 Å². The first-order valence-corrected chi connectivity index (χ1v) is 7.47. The molecular formula is C16H24N2O2. The molecule has 20 heavy (non-hydrogen) atoms. The number of rotatable bonds is 7. The zero-order valence-electron chi connectivity index (χ0n) is 12.2. The fraction of sp³-hybridized carbons (Fsp3) is 0.562. The SMILES string of the molecule is CCOc1cccc(CNC(=O)CCC2CCNC2)c1. The van der Waals surface area contributed by atoms with Crippen molar-refractivity contribution in [1.29, 1.82) is 0 Å². The van der Waals surface area contributed by atoms with Crippen LogP contribution in [-0.4, -0.2) is 25.6 Å². The van der Waals surface area contributed by atoms with Crippen LogP contribution in [0.15, 0.2) is 24.3 Å². The minimum atomic E-state index is 0.138. The molecule has 1 saturated heterocycles. The first-order chi connectivity index (χ1) is 9.78. The standard InChI is InChI=1S/C16H24N2O2/c1-2-20-15-5-3-4-14(10-15)12-18-16(19)7-6-13-8-9-17-11-13/h3-5,10,13,17H,2,6-9,11-12H2,1H3,(H,18,19). The molecule has 1 atom stereocenters. The van der Waals surface area contributed by atoms with E-state index in [1.165, 1.54) is 6.42 Å². The van der Waals surface area contributed by atoms with E-state index in [0.29, 0.717) is 25.5 Å². The van der Waals surface area contributed by atoms with Crippen molar-refractivity contribution < 1.29 is 9.53 Å². The number of ether oxygens (including phenoxy) is 1. The Kier molecular flexibility index (Phi) is 5.87. The molecule has 1 aromatic carbocycles. The fourth-order valence-corrected chi connectivity index (χ4v) is 2.50. The molecule has 0 aromatic heterocycles. The molecule has 2 N–H and O–H groups in total. The Morgan fingerprint density at radius 3 is 3.15 bits per heavy atom. The van der Waals surface area contributed by atoms with Gasteiger partial charge in [-0.05, 0) is 56.5 Å². The summed E-state index contributed by atoms with van der Waals surface area (Å²) in [5.74, 6) is 1.66. The van der Waals surface area contributed by atoms with Crippen LogP contribution < -0.4 is 15.4 Å². The topological polar surface area (TPSA) is 50.4 Å². The third-order valence-corrected chi connectivity index (χ3v) is 3.64. The smallest absolute Gasteiger partial charge is 0.220 e. The van der Waals surface area contributed by atoms with Gasteiger partial charge in [-0.1, -0.05) is 12.1 Å². The number of amides is 1. The number of nitrogens with one attached hydrogen (secondary N) is 2. The highest BCUT2D eigenvalue weighted by molar-refractivity contribution is 5.75. The van der Waals surface area contributed by atoms with E-state index in [2.05, 4.69) is 10.6 Å². The number of hydrogen-bond donors (Lipinski definition) is 2. The van der Waals surface area contributed by atoms with Crippen LogP contribution in [0, 0.1) is 5.92 Å². The molecule has 110 valence electrons. The minimum absolute atomic E-state index is 0.138. The largest absolute Gasteiger partial charge is 0.494 e. The highest BCUT2D eigenvalue weighted by atomic mass is 16.5. The Balaban J connectivity index is 1.70. The predicted octanol–water partition coefficient (Wildman–Crippen LogP) is 2.09. The second-order valence-corrected chi connectivity index (χ2v) is 5.25. The van der Waals surface area contributed by atoms with Crippen LogP contribution in [0.3, 0.4) is 0 Å². The first kappa shape index (κ1) is 14.9. The summed E-state index contributed by atoms with van der Waals surface area (Å²) in [5, 5.41) is 6.30. The van der Waals surface area contributed by atoms with Crippen LogP contribution >= 0.6 is 0 Å². The number of hydrogen-bond acceptors (Lipinski definition) is 3. The third-order valence-electron chi connectivity index (χ3n) is 3.64. The Morgan fingerprint density at radius 2 is 2.40 bits per heavy atom. The molecule has 0 saturated carbocycles. The second-order valence-electron chi connectivity index (χ2n) is 5.25. The highest BCUT2D eigenvalue weighted by Gasteiger charge is 2.15. The van der Waals surface area contributed by atoms with Crippen LogP contribution in [-0.2, 0) is 11.3 Å². The third kappa shape index (κ3) is 4.85. The molecule has 4 nitrogen and oxygen atoms in total. The molecule has 2 rings (SSSR count). The summed E-state index contributed by atoms with van der Waals surface area (Å²) in [6.45, 7) is 5.35. The quantitative estimate of drug-likeness (QED) is 0.802. The lowest BCUT2D eigenvalue weighted by Crippen LogP contribution is -2.23. The van der Waals surface area contributed by atoms with Crippen molar-refractivity contribution in [3.05, 3.63) is 29.8 Å². The number of carbonyl (C=O) groups excluding carboxylic acids is 1. The minimum Gasteiger partial charge on any atom is -0.494 e. The monoisotopic (exact) mass is 276 g/mol. The average molecular weight is 276 g/mol. The van der Waals surface area contributed by atoms with Crippen molar-refractivity contribution in [2.45, 2.75) is 32.7 Å². The zero-order valence-corrected chi connectivity index (χ0v) is 12.2. The Hall–Kier alpha value is -1.55. The van der Waals surface area contributed by atoms with Crippen LogP contribution in [0.4, 0.5) is 0 Å². The summed E-state index contributed by atoms with van der Waals surface area (Å²) >= 11 is 0. The van der Waals surface area contributed by atoms with E-state index < -0.39 is 0 Å². The number of carbonyl (C=O) groups is 1. The van der Waals surface area contributed by atoms with Gasteiger partial charge in [-0.15, -0.1) is 0 Å². The zero-order chi connectivity index (χ0) is 14.2. The first-order valence-electron chi connectivity index (χ1n) is 7.47. The molecule has 1 heterocycles. The molecule has 0 spiro atoms.